The Morgan fingerprint density at radius 1 is 1.26 bits per heavy atom. The SMILES string of the molecule is Cc1cnc2c(S(=O)(=O)N(C)Cc3cnn(C)c3)cccc2c1. The van der Waals surface area contributed by atoms with Crippen LogP contribution < -0.4 is 0 Å². The van der Waals surface area contributed by atoms with E-state index in [-0.39, 0.29) is 11.4 Å². The summed E-state index contributed by atoms with van der Waals surface area (Å²) in [7, 11) is -0.268. The second-order valence-electron chi connectivity index (χ2n) is 5.62. The first-order chi connectivity index (χ1) is 10.9. The smallest absolute Gasteiger partial charge is 0.245 e. The Bertz CT molecular complexity index is 963. The van der Waals surface area contributed by atoms with Crippen LogP contribution in [-0.2, 0) is 23.6 Å². The van der Waals surface area contributed by atoms with Gasteiger partial charge in [0, 0.05) is 44.0 Å². The molecule has 0 aliphatic rings. The summed E-state index contributed by atoms with van der Waals surface area (Å²) in [4.78, 5) is 4.54. The summed E-state index contributed by atoms with van der Waals surface area (Å²) < 4.78 is 28.8. The van der Waals surface area contributed by atoms with E-state index in [4.69, 9.17) is 0 Å². The van der Waals surface area contributed by atoms with Crippen molar-refractivity contribution in [3.05, 3.63) is 54.0 Å². The second kappa shape index (κ2) is 5.75. The van der Waals surface area contributed by atoms with Crippen LogP contribution >= 0.6 is 0 Å². The maximum Gasteiger partial charge on any atom is 0.245 e. The van der Waals surface area contributed by atoms with Crippen molar-refractivity contribution in [2.45, 2.75) is 18.4 Å². The Labute approximate surface area is 135 Å². The van der Waals surface area contributed by atoms with Gasteiger partial charge in [-0.15, -0.1) is 0 Å². The summed E-state index contributed by atoms with van der Waals surface area (Å²) in [5.74, 6) is 0. The third-order valence-electron chi connectivity index (χ3n) is 3.66. The van der Waals surface area contributed by atoms with E-state index in [1.165, 1.54) is 4.31 Å². The number of benzene rings is 1. The van der Waals surface area contributed by atoms with Crippen LogP contribution in [0.1, 0.15) is 11.1 Å². The Morgan fingerprint density at radius 2 is 2.04 bits per heavy atom. The molecule has 0 spiro atoms. The van der Waals surface area contributed by atoms with Gasteiger partial charge in [-0.05, 0) is 24.6 Å². The van der Waals surface area contributed by atoms with Crippen molar-refractivity contribution < 1.29 is 8.42 Å². The number of hydrogen-bond donors (Lipinski definition) is 0. The van der Waals surface area contributed by atoms with Gasteiger partial charge in [0.25, 0.3) is 0 Å². The minimum atomic E-state index is -3.63. The molecule has 6 nitrogen and oxygen atoms in total. The van der Waals surface area contributed by atoms with E-state index in [9.17, 15) is 8.42 Å². The van der Waals surface area contributed by atoms with Gasteiger partial charge < -0.3 is 0 Å². The maximum absolute atomic E-state index is 12.9. The number of aryl methyl sites for hydroxylation is 2. The molecule has 0 fully saturated rings. The van der Waals surface area contributed by atoms with Gasteiger partial charge >= 0.3 is 0 Å². The van der Waals surface area contributed by atoms with Crippen LogP contribution in [0, 0.1) is 6.92 Å². The van der Waals surface area contributed by atoms with Crippen molar-refractivity contribution in [3.63, 3.8) is 0 Å². The fourth-order valence-corrected chi connectivity index (χ4v) is 3.83. The average Bonchev–Trinajstić information content (AvgIpc) is 2.91. The van der Waals surface area contributed by atoms with Gasteiger partial charge in [0.2, 0.25) is 10.0 Å². The number of rotatable bonds is 4. The molecule has 2 aromatic heterocycles. The lowest BCUT2D eigenvalue weighted by Crippen LogP contribution is -2.26. The molecule has 0 aliphatic carbocycles. The summed E-state index contributed by atoms with van der Waals surface area (Å²) in [6.45, 7) is 2.20. The number of hydrogen-bond acceptors (Lipinski definition) is 4. The van der Waals surface area contributed by atoms with Crippen molar-refractivity contribution in [3.8, 4) is 0 Å². The highest BCUT2D eigenvalue weighted by Gasteiger charge is 2.24. The van der Waals surface area contributed by atoms with Crippen molar-refractivity contribution in [1.29, 1.82) is 0 Å². The van der Waals surface area contributed by atoms with Crippen molar-refractivity contribution in [1.82, 2.24) is 19.1 Å². The Balaban J connectivity index is 2.02. The highest BCUT2D eigenvalue weighted by Crippen LogP contribution is 2.25. The van der Waals surface area contributed by atoms with Crippen molar-refractivity contribution >= 4 is 20.9 Å². The quantitative estimate of drug-likeness (QED) is 0.735. The normalized spacial score (nSPS) is 12.2. The molecule has 0 aliphatic heterocycles. The second-order valence-corrected chi connectivity index (χ2v) is 7.64. The van der Waals surface area contributed by atoms with Crippen LogP contribution in [0.15, 0.2) is 47.8 Å². The Morgan fingerprint density at radius 3 is 2.74 bits per heavy atom. The van der Waals surface area contributed by atoms with E-state index in [1.807, 2.05) is 19.1 Å². The van der Waals surface area contributed by atoms with E-state index < -0.39 is 10.0 Å². The predicted molar refractivity (Wildman–Crippen MR) is 88.3 cm³/mol. The molecule has 3 aromatic rings. The lowest BCUT2D eigenvalue weighted by Gasteiger charge is -2.17. The summed E-state index contributed by atoms with van der Waals surface area (Å²) in [5.41, 5.74) is 2.33. The van der Waals surface area contributed by atoms with E-state index >= 15 is 0 Å². The minimum absolute atomic E-state index is 0.224. The molecular formula is C16H18N4O2S. The lowest BCUT2D eigenvalue weighted by atomic mass is 10.2. The fourth-order valence-electron chi connectivity index (χ4n) is 2.51. The molecule has 0 radical (unpaired) electrons. The first-order valence-electron chi connectivity index (χ1n) is 7.17. The molecule has 0 amide bonds. The van der Waals surface area contributed by atoms with Gasteiger partial charge in [0.05, 0.1) is 11.7 Å². The highest BCUT2D eigenvalue weighted by molar-refractivity contribution is 7.89. The van der Waals surface area contributed by atoms with Gasteiger partial charge in [0.1, 0.15) is 4.90 Å². The first kappa shape index (κ1) is 15.6. The van der Waals surface area contributed by atoms with Gasteiger partial charge in [0.15, 0.2) is 0 Å². The molecule has 0 N–H and O–H groups in total. The van der Waals surface area contributed by atoms with Crippen molar-refractivity contribution in [2.75, 3.05) is 7.05 Å². The van der Waals surface area contributed by atoms with E-state index in [2.05, 4.69) is 10.1 Å². The number of fused-ring (bicyclic) bond motifs is 1. The first-order valence-corrected chi connectivity index (χ1v) is 8.61. The van der Waals surface area contributed by atoms with Crippen LogP contribution in [0.25, 0.3) is 10.9 Å². The predicted octanol–water partition coefficient (Wildman–Crippen LogP) is 2.10. The molecule has 0 bridgehead atoms. The number of aromatic nitrogens is 3. The third-order valence-corrected chi connectivity index (χ3v) is 5.50. The van der Waals surface area contributed by atoms with Gasteiger partial charge in [-0.2, -0.15) is 9.40 Å². The van der Waals surface area contributed by atoms with Crippen LogP contribution in [0.4, 0.5) is 0 Å². The summed E-state index contributed by atoms with van der Waals surface area (Å²) in [6.07, 6.45) is 5.15. The average molecular weight is 330 g/mol. The largest absolute Gasteiger partial charge is 0.275 e. The third kappa shape index (κ3) is 2.97. The zero-order valence-corrected chi connectivity index (χ0v) is 14.1. The minimum Gasteiger partial charge on any atom is -0.275 e. The molecule has 0 saturated heterocycles. The van der Waals surface area contributed by atoms with E-state index in [0.717, 1.165) is 16.5 Å². The topological polar surface area (TPSA) is 68.1 Å². The molecule has 0 unspecified atom stereocenters. The van der Waals surface area contributed by atoms with Crippen LogP contribution in [-0.4, -0.2) is 34.5 Å². The zero-order chi connectivity index (χ0) is 16.6. The monoisotopic (exact) mass is 330 g/mol. The number of sulfonamides is 1. The number of pyridine rings is 1. The molecule has 7 heteroatoms. The molecule has 120 valence electrons. The zero-order valence-electron chi connectivity index (χ0n) is 13.3. The highest BCUT2D eigenvalue weighted by atomic mass is 32.2. The number of nitrogens with zero attached hydrogens (tertiary/aromatic N) is 4. The van der Waals surface area contributed by atoms with E-state index in [1.54, 1.807) is 49.5 Å². The summed E-state index contributed by atoms with van der Waals surface area (Å²) in [5, 5.41) is 4.89. The Hall–Kier alpha value is -2.25. The van der Waals surface area contributed by atoms with Crippen LogP contribution in [0.2, 0.25) is 0 Å². The molecule has 0 atom stereocenters. The summed E-state index contributed by atoms with van der Waals surface area (Å²) >= 11 is 0. The van der Waals surface area contributed by atoms with Gasteiger partial charge in [-0.3, -0.25) is 9.67 Å². The maximum atomic E-state index is 12.9. The fraction of sp³-hybridized carbons (Fsp3) is 0.250. The molecule has 23 heavy (non-hydrogen) atoms. The molecule has 1 aromatic carbocycles. The number of para-hydroxylation sites is 1. The molecule has 3 rings (SSSR count). The van der Waals surface area contributed by atoms with Gasteiger partial charge in [-0.25, -0.2) is 8.42 Å². The van der Waals surface area contributed by atoms with Crippen molar-refractivity contribution in [2.24, 2.45) is 7.05 Å². The molecule has 2 heterocycles. The van der Waals surface area contributed by atoms with Crippen LogP contribution in [0.5, 0.6) is 0 Å². The molecular weight excluding hydrogens is 312 g/mol. The lowest BCUT2D eigenvalue weighted by molar-refractivity contribution is 0.467. The van der Waals surface area contributed by atoms with Crippen LogP contribution in [0.3, 0.4) is 0 Å². The van der Waals surface area contributed by atoms with Gasteiger partial charge in [-0.1, -0.05) is 12.1 Å². The summed E-state index contributed by atoms with van der Waals surface area (Å²) in [6, 6.07) is 7.14. The Kier molecular flexibility index (Phi) is 3.91. The standard InChI is InChI=1S/C16H18N4O2S/c1-12-7-14-5-4-6-15(16(14)17-8-12)23(21,22)20(3)11-13-9-18-19(2)10-13/h4-10H,11H2,1-3H3. The van der Waals surface area contributed by atoms with E-state index in [0.29, 0.717) is 5.52 Å². The molecule has 0 saturated carbocycles.